The summed E-state index contributed by atoms with van der Waals surface area (Å²) in [6.45, 7) is 2.89. The van der Waals surface area contributed by atoms with Gasteiger partial charge < -0.3 is 13.7 Å². The van der Waals surface area contributed by atoms with Crippen LogP contribution in [-0.4, -0.2) is 26.4 Å². The summed E-state index contributed by atoms with van der Waals surface area (Å²) in [4.78, 5) is 4.44. The third kappa shape index (κ3) is 2.95. The first-order valence-electron chi connectivity index (χ1n) is 8.33. The van der Waals surface area contributed by atoms with Crippen LogP contribution in [0.15, 0.2) is 22.4 Å². The number of aromatic nitrogens is 4. The quantitative estimate of drug-likeness (QED) is 0.866. The van der Waals surface area contributed by atoms with Gasteiger partial charge in [0.25, 0.3) is 0 Å². The van der Waals surface area contributed by atoms with E-state index in [0.717, 1.165) is 25.3 Å². The molecule has 0 radical (unpaired) electrons. The number of hydrogen-bond donors (Lipinski definition) is 0. The first kappa shape index (κ1) is 14.6. The maximum atomic E-state index is 5.98. The summed E-state index contributed by atoms with van der Waals surface area (Å²) in [7, 11) is 1.98. The lowest BCUT2D eigenvalue weighted by Gasteiger charge is -2.28. The van der Waals surface area contributed by atoms with Crippen molar-refractivity contribution in [2.75, 3.05) is 6.61 Å². The molecular formula is C17H22N4O2. The largest absolute Gasteiger partial charge is 0.421 e. The Morgan fingerprint density at radius 3 is 2.91 bits per heavy atom. The van der Waals surface area contributed by atoms with Crippen molar-refractivity contribution >= 4 is 6.08 Å². The Hall–Kier alpha value is -1.95. The second-order valence-corrected chi connectivity index (χ2v) is 6.58. The van der Waals surface area contributed by atoms with E-state index in [0.29, 0.717) is 17.7 Å². The summed E-state index contributed by atoms with van der Waals surface area (Å²) in [5.74, 6) is 2.96. The molecule has 2 atom stereocenters. The first-order chi connectivity index (χ1) is 11.2. The van der Waals surface area contributed by atoms with Gasteiger partial charge in [0.15, 0.2) is 0 Å². The predicted octanol–water partition coefficient (Wildman–Crippen LogP) is 3.25. The molecule has 1 saturated carbocycles. The van der Waals surface area contributed by atoms with Crippen LogP contribution in [0.5, 0.6) is 0 Å². The van der Waals surface area contributed by atoms with E-state index in [-0.39, 0.29) is 12.0 Å². The van der Waals surface area contributed by atoms with E-state index in [1.807, 2.05) is 23.9 Å². The molecule has 3 heterocycles. The van der Waals surface area contributed by atoms with Gasteiger partial charge in [-0.1, -0.05) is 5.57 Å². The monoisotopic (exact) mass is 314 g/mol. The SMILES string of the molecule is C/C(=C\c1nnc([C@@H]2CCCO[C@H]2c2nccn2C)o1)C1CC1. The Balaban J connectivity index is 1.59. The van der Waals surface area contributed by atoms with Crippen LogP contribution in [0.1, 0.15) is 62.2 Å². The van der Waals surface area contributed by atoms with E-state index in [4.69, 9.17) is 9.15 Å². The lowest BCUT2D eigenvalue weighted by Crippen LogP contribution is -2.23. The van der Waals surface area contributed by atoms with E-state index >= 15 is 0 Å². The van der Waals surface area contributed by atoms with E-state index in [1.54, 1.807) is 6.20 Å². The Bertz CT molecular complexity index is 714. The maximum Gasteiger partial charge on any atom is 0.240 e. The summed E-state index contributed by atoms with van der Waals surface area (Å²) < 4.78 is 13.9. The van der Waals surface area contributed by atoms with Gasteiger partial charge in [0.1, 0.15) is 11.9 Å². The van der Waals surface area contributed by atoms with Crippen molar-refractivity contribution in [2.24, 2.45) is 13.0 Å². The molecule has 6 nitrogen and oxygen atoms in total. The molecule has 0 unspecified atom stereocenters. The summed E-state index contributed by atoms with van der Waals surface area (Å²) in [5, 5.41) is 8.49. The van der Waals surface area contributed by atoms with Crippen LogP contribution in [0, 0.1) is 5.92 Å². The minimum Gasteiger partial charge on any atom is -0.421 e. The van der Waals surface area contributed by atoms with Crippen molar-refractivity contribution in [3.05, 3.63) is 35.6 Å². The second-order valence-electron chi connectivity index (χ2n) is 6.58. The fourth-order valence-electron chi connectivity index (χ4n) is 3.25. The molecule has 2 fully saturated rings. The van der Waals surface area contributed by atoms with Gasteiger partial charge in [0.05, 0.1) is 5.92 Å². The zero-order valence-corrected chi connectivity index (χ0v) is 13.6. The molecule has 4 rings (SSSR count). The molecule has 2 aliphatic rings. The van der Waals surface area contributed by atoms with Gasteiger partial charge in [-0.25, -0.2) is 4.98 Å². The van der Waals surface area contributed by atoms with E-state index < -0.39 is 0 Å². The number of hydrogen-bond acceptors (Lipinski definition) is 5. The summed E-state index contributed by atoms with van der Waals surface area (Å²) >= 11 is 0. The third-order valence-corrected chi connectivity index (χ3v) is 4.78. The van der Waals surface area contributed by atoms with Crippen LogP contribution in [0.2, 0.25) is 0 Å². The number of imidazole rings is 1. The normalized spacial score (nSPS) is 25.7. The van der Waals surface area contributed by atoms with Gasteiger partial charge in [-0.15, -0.1) is 10.2 Å². The number of allylic oxidation sites excluding steroid dienone is 1. The minimum atomic E-state index is -0.120. The molecular weight excluding hydrogens is 292 g/mol. The number of rotatable bonds is 4. The minimum absolute atomic E-state index is 0.0701. The molecule has 1 aliphatic carbocycles. The molecule has 1 saturated heterocycles. The lowest BCUT2D eigenvalue weighted by atomic mass is 9.93. The molecule has 0 N–H and O–H groups in total. The molecule has 0 bridgehead atoms. The highest BCUT2D eigenvalue weighted by Crippen LogP contribution is 2.40. The Labute approximate surface area is 135 Å². The fraction of sp³-hybridized carbons (Fsp3) is 0.588. The molecule has 2 aromatic rings. The zero-order valence-electron chi connectivity index (χ0n) is 13.6. The molecule has 0 spiro atoms. The standard InChI is InChI=1S/C17H22N4O2/c1-11(12-5-6-12)10-14-19-20-17(23-14)13-4-3-9-22-15(13)16-18-7-8-21(16)2/h7-8,10,12-13,15H,3-6,9H2,1-2H3/b11-10+/t13-,15-/m1/s1. The Morgan fingerprint density at radius 1 is 1.30 bits per heavy atom. The van der Waals surface area contributed by atoms with Gasteiger partial charge in [0, 0.05) is 32.1 Å². The third-order valence-electron chi connectivity index (χ3n) is 4.78. The van der Waals surface area contributed by atoms with Crippen LogP contribution in [0.25, 0.3) is 6.08 Å². The smallest absolute Gasteiger partial charge is 0.240 e. The lowest BCUT2D eigenvalue weighted by molar-refractivity contribution is -0.0157. The zero-order chi connectivity index (χ0) is 15.8. The predicted molar refractivity (Wildman–Crippen MR) is 84.5 cm³/mol. The molecule has 0 aromatic carbocycles. The average Bonchev–Trinajstić information content (AvgIpc) is 3.18. The fourth-order valence-corrected chi connectivity index (χ4v) is 3.25. The van der Waals surface area contributed by atoms with Crippen LogP contribution in [0.3, 0.4) is 0 Å². The van der Waals surface area contributed by atoms with Crippen molar-refractivity contribution in [2.45, 2.75) is 44.6 Å². The Morgan fingerprint density at radius 2 is 2.17 bits per heavy atom. The summed E-state index contributed by atoms with van der Waals surface area (Å²) in [6, 6.07) is 0. The van der Waals surface area contributed by atoms with Gasteiger partial charge in [-0.05, 0) is 38.5 Å². The molecule has 6 heteroatoms. The van der Waals surface area contributed by atoms with Crippen LogP contribution in [0.4, 0.5) is 0 Å². The Kier molecular flexibility index (Phi) is 3.77. The maximum absolute atomic E-state index is 5.98. The van der Waals surface area contributed by atoms with E-state index in [1.165, 1.54) is 18.4 Å². The molecule has 0 amide bonds. The molecule has 122 valence electrons. The first-order valence-corrected chi connectivity index (χ1v) is 8.33. The summed E-state index contributed by atoms with van der Waals surface area (Å²) in [6.07, 6.45) is 10.2. The van der Waals surface area contributed by atoms with Gasteiger partial charge in [-0.2, -0.15) is 0 Å². The molecule has 1 aliphatic heterocycles. The van der Waals surface area contributed by atoms with Gasteiger partial charge in [0.2, 0.25) is 11.8 Å². The van der Waals surface area contributed by atoms with Crippen LogP contribution >= 0.6 is 0 Å². The molecule has 23 heavy (non-hydrogen) atoms. The van der Waals surface area contributed by atoms with Crippen molar-refractivity contribution in [3.8, 4) is 0 Å². The van der Waals surface area contributed by atoms with E-state index in [2.05, 4.69) is 22.1 Å². The number of nitrogens with zero attached hydrogens (tertiary/aromatic N) is 4. The van der Waals surface area contributed by atoms with Gasteiger partial charge >= 0.3 is 0 Å². The summed E-state index contributed by atoms with van der Waals surface area (Å²) in [5.41, 5.74) is 1.33. The highest BCUT2D eigenvalue weighted by molar-refractivity contribution is 5.44. The van der Waals surface area contributed by atoms with Crippen molar-refractivity contribution in [1.82, 2.24) is 19.7 Å². The average molecular weight is 314 g/mol. The number of aryl methyl sites for hydroxylation is 1. The second kappa shape index (κ2) is 5.92. The van der Waals surface area contributed by atoms with Crippen LogP contribution in [-0.2, 0) is 11.8 Å². The van der Waals surface area contributed by atoms with Gasteiger partial charge in [-0.3, -0.25) is 0 Å². The number of ether oxygens (including phenoxy) is 1. The van der Waals surface area contributed by atoms with Crippen molar-refractivity contribution < 1.29 is 9.15 Å². The van der Waals surface area contributed by atoms with Crippen LogP contribution < -0.4 is 0 Å². The highest BCUT2D eigenvalue weighted by Gasteiger charge is 2.35. The highest BCUT2D eigenvalue weighted by atomic mass is 16.5. The topological polar surface area (TPSA) is 66.0 Å². The van der Waals surface area contributed by atoms with E-state index in [9.17, 15) is 0 Å². The van der Waals surface area contributed by atoms with Crippen molar-refractivity contribution in [3.63, 3.8) is 0 Å². The van der Waals surface area contributed by atoms with Crippen molar-refractivity contribution in [1.29, 1.82) is 0 Å². The molecule has 2 aromatic heterocycles.